The van der Waals surface area contributed by atoms with E-state index in [9.17, 15) is 4.79 Å². The Bertz CT molecular complexity index is 540. The molecule has 1 amide bonds. The van der Waals surface area contributed by atoms with Gasteiger partial charge in [0.15, 0.2) is 0 Å². The van der Waals surface area contributed by atoms with E-state index in [-0.39, 0.29) is 5.91 Å². The largest absolute Gasteiger partial charge is 0.325 e. The topological polar surface area (TPSA) is 29.1 Å². The lowest BCUT2D eigenvalue weighted by molar-refractivity contribution is -0.113. The molecule has 0 saturated carbocycles. The SMILES string of the molecule is Cc1cc(NC(=O)CSc2cccs2)ccc1Br. The number of thiophene rings is 1. The predicted molar refractivity (Wildman–Crippen MR) is 82.6 cm³/mol. The number of carbonyl (C=O) groups is 1. The van der Waals surface area contributed by atoms with Crippen molar-refractivity contribution < 1.29 is 4.79 Å². The van der Waals surface area contributed by atoms with Gasteiger partial charge in [-0.3, -0.25) is 4.79 Å². The van der Waals surface area contributed by atoms with Gasteiger partial charge in [0.2, 0.25) is 5.91 Å². The van der Waals surface area contributed by atoms with Gasteiger partial charge in [-0.2, -0.15) is 0 Å². The summed E-state index contributed by atoms with van der Waals surface area (Å²) >= 11 is 6.65. The Morgan fingerprint density at radius 1 is 1.44 bits per heavy atom. The maximum Gasteiger partial charge on any atom is 0.234 e. The Balaban J connectivity index is 1.88. The first-order chi connectivity index (χ1) is 8.65. The van der Waals surface area contributed by atoms with Crippen LogP contribution in [-0.4, -0.2) is 11.7 Å². The van der Waals surface area contributed by atoms with E-state index in [0.717, 1.165) is 19.9 Å². The summed E-state index contributed by atoms with van der Waals surface area (Å²) in [6, 6.07) is 9.80. The molecule has 0 bridgehead atoms. The molecule has 2 rings (SSSR count). The normalized spacial score (nSPS) is 10.3. The van der Waals surface area contributed by atoms with Gasteiger partial charge in [-0.15, -0.1) is 23.1 Å². The number of nitrogens with one attached hydrogen (secondary N) is 1. The summed E-state index contributed by atoms with van der Waals surface area (Å²) in [7, 11) is 0. The van der Waals surface area contributed by atoms with Crippen LogP contribution >= 0.6 is 39.0 Å². The molecule has 2 nitrogen and oxygen atoms in total. The number of benzene rings is 1. The molecule has 1 N–H and O–H groups in total. The van der Waals surface area contributed by atoms with Gasteiger partial charge in [-0.1, -0.05) is 22.0 Å². The summed E-state index contributed by atoms with van der Waals surface area (Å²) in [6.45, 7) is 2.00. The lowest BCUT2D eigenvalue weighted by Gasteiger charge is -2.06. The summed E-state index contributed by atoms with van der Waals surface area (Å²) in [5.41, 5.74) is 1.95. The summed E-state index contributed by atoms with van der Waals surface area (Å²) < 4.78 is 2.21. The van der Waals surface area contributed by atoms with Crippen molar-refractivity contribution in [2.45, 2.75) is 11.1 Å². The highest BCUT2D eigenvalue weighted by Gasteiger charge is 2.05. The van der Waals surface area contributed by atoms with Crippen molar-refractivity contribution in [3.8, 4) is 0 Å². The Hall–Kier alpha value is -0.780. The minimum absolute atomic E-state index is 0.0233. The van der Waals surface area contributed by atoms with E-state index in [1.54, 1.807) is 23.1 Å². The second-order valence-electron chi connectivity index (χ2n) is 3.73. The Kier molecular flexibility index (Phi) is 4.86. The fourth-order valence-corrected chi connectivity index (χ4v) is 3.23. The van der Waals surface area contributed by atoms with Crippen LogP contribution in [0.3, 0.4) is 0 Å². The van der Waals surface area contributed by atoms with Gasteiger partial charge in [0.1, 0.15) is 0 Å². The Morgan fingerprint density at radius 3 is 2.94 bits per heavy atom. The average Bonchev–Trinajstić information content (AvgIpc) is 2.84. The Labute approximate surface area is 123 Å². The lowest BCUT2D eigenvalue weighted by Crippen LogP contribution is -2.13. The molecule has 0 saturated heterocycles. The quantitative estimate of drug-likeness (QED) is 0.826. The highest BCUT2D eigenvalue weighted by atomic mass is 79.9. The third-order valence-electron chi connectivity index (χ3n) is 2.28. The molecule has 94 valence electrons. The number of amides is 1. The van der Waals surface area contributed by atoms with E-state index < -0.39 is 0 Å². The van der Waals surface area contributed by atoms with Crippen LogP contribution in [0.2, 0.25) is 0 Å². The highest BCUT2D eigenvalue weighted by molar-refractivity contribution is 9.10. The summed E-state index contributed by atoms with van der Waals surface area (Å²) in [6.07, 6.45) is 0. The molecule has 2 aromatic rings. The first-order valence-corrected chi connectivity index (χ1v) is 8.03. The Morgan fingerprint density at radius 2 is 2.28 bits per heavy atom. The van der Waals surface area contributed by atoms with Crippen LogP contribution in [-0.2, 0) is 4.79 Å². The third kappa shape index (κ3) is 3.86. The molecule has 5 heteroatoms. The van der Waals surface area contributed by atoms with Gasteiger partial charge in [-0.05, 0) is 42.1 Å². The molecule has 1 aromatic heterocycles. The van der Waals surface area contributed by atoms with E-state index in [2.05, 4.69) is 21.2 Å². The molecule has 0 unspecified atom stereocenters. The van der Waals surface area contributed by atoms with E-state index >= 15 is 0 Å². The van der Waals surface area contributed by atoms with Crippen LogP contribution < -0.4 is 5.32 Å². The van der Waals surface area contributed by atoms with Crippen LogP contribution in [0.15, 0.2) is 44.4 Å². The van der Waals surface area contributed by atoms with Crippen molar-refractivity contribution in [1.82, 2.24) is 0 Å². The summed E-state index contributed by atoms with van der Waals surface area (Å²) in [4.78, 5) is 11.8. The van der Waals surface area contributed by atoms with E-state index in [4.69, 9.17) is 0 Å². The van der Waals surface area contributed by atoms with Gasteiger partial charge < -0.3 is 5.32 Å². The highest BCUT2D eigenvalue weighted by Crippen LogP contribution is 2.24. The summed E-state index contributed by atoms with van der Waals surface area (Å²) in [5, 5.41) is 4.91. The van der Waals surface area contributed by atoms with Crippen LogP contribution in [0.1, 0.15) is 5.56 Å². The number of carbonyl (C=O) groups excluding carboxylic acids is 1. The maximum absolute atomic E-state index is 11.8. The fraction of sp³-hybridized carbons (Fsp3) is 0.154. The van der Waals surface area contributed by atoms with Crippen LogP contribution in [0.4, 0.5) is 5.69 Å². The first-order valence-electron chi connectivity index (χ1n) is 5.37. The van der Waals surface area contributed by atoms with E-state index in [0.29, 0.717) is 5.75 Å². The average molecular weight is 342 g/mol. The van der Waals surface area contributed by atoms with Gasteiger partial charge in [0, 0.05) is 10.2 Å². The molecule has 0 spiro atoms. The van der Waals surface area contributed by atoms with Crippen molar-refractivity contribution >= 4 is 50.6 Å². The molecule has 0 atom stereocenters. The molecule has 0 fully saturated rings. The third-order valence-corrected chi connectivity index (χ3v) is 5.30. The number of hydrogen-bond acceptors (Lipinski definition) is 3. The zero-order chi connectivity index (χ0) is 13.0. The molecule has 1 aromatic carbocycles. The summed E-state index contributed by atoms with van der Waals surface area (Å²) in [5.74, 6) is 0.463. The minimum Gasteiger partial charge on any atom is -0.325 e. The van der Waals surface area contributed by atoms with Crippen molar-refractivity contribution in [2.24, 2.45) is 0 Å². The standard InChI is InChI=1S/C13H12BrNOS2/c1-9-7-10(4-5-11(9)14)15-12(16)8-18-13-3-2-6-17-13/h2-7H,8H2,1H3,(H,15,16). The fourth-order valence-electron chi connectivity index (χ4n) is 1.40. The second-order valence-corrected chi connectivity index (χ2v) is 6.81. The first kappa shape index (κ1) is 13.6. The van der Waals surface area contributed by atoms with Crippen molar-refractivity contribution in [3.63, 3.8) is 0 Å². The molecular formula is C13H12BrNOS2. The van der Waals surface area contributed by atoms with Crippen LogP contribution in [0, 0.1) is 6.92 Å². The van der Waals surface area contributed by atoms with Gasteiger partial charge in [-0.25, -0.2) is 0 Å². The van der Waals surface area contributed by atoms with Crippen molar-refractivity contribution in [2.75, 3.05) is 11.1 Å². The molecule has 0 aliphatic rings. The lowest BCUT2D eigenvalue weighted by atomic mass is 10.2. The molecule has 0 aliphatic heterocycles. The number of halogens is 1. The maximum atomic E-state index is 11.8. The minimum atomic E-state index is 0.0233. The smallest absolute Gasteiger partial charge is 0.234 e. The van der Waals surface area contributed by atoms with Gasteiger partial charge >= 0.3 is 0 Å². The molecule has 0 aliphatic carbocycles. The number of anilines is 1. The van der Waals surface area contributed by atoms with Crippen LogP contribution in [0.5, 0.6) is 0 Å². The number of hydrogen-bond donors (Lipinski definition) is 1. The molecule has 18 heavy (non-hydrogen) atoms. The molecule has 0 radical (unpaired) electrons. The second kappa shape index (κ2) is 6.41. The number of thioether (sulfide) groups is 1. The molecular weight excluding hydrogens is 330 g/mol. The zero-order valence-electron chi connectivity index (χ0n) is 9.77. The van der Waals surface area contributed by atoms with Crippen molar-refractivity contribution in [1.29, 1.82) is 0 Å². The number of rotatable bonds is 4. The van der Waals surface area contributed by atoms with Crippen molar-refractivity contribution in [3.05, 3.63) is 45.7 Å². The van der Waals surface area contributed by atoms with Gasteiger partial charge in [0.25, 0.3) is 0 Å². The van der Waals surface area contributed by atoms with Gasteiger partial charge in [0.05, 0.1) is 9.96 Å². The van der Waals surface area contributed by atoms with E-state index in [1.807, 2.05) is 42.6 Å². The van der Waals surface area contributed by atoms with Crippen LogP contribution in [0.25, 0.3) is 0 Å². The monoisotopic (exact) mass is 341 g/mol. The predicted octanol–water partition coefficient (Wildman–Crippen LogP) is 4.55. The van der Waals surface area contributed by atoms with E-state index in [1.165, 1.54) is 0 Å². The number of aryl methyl sites for hydroxylation is 1. The molecule has 1 heterocycles. The zero-order valence-corrected chi connectivity index (χ0v) is 13.0.